The molecular weight excluding hydrogens is 226 g/mol. The van der Waals surface area contributed by atoms with Gasteiger partial charge in [0.05, 0.1) is 24.6 Å². The number of hydrogen-bond acceptors (Lipinski definition) is 3. The zero-order valence-electron chi connectivity index (χ0n) is 9.78. The number of nitrogens with two attached hydrogens (primary N) is 1. The molecule has 0 aliphatic heterocycles. The maximum Gasteiger partial charge on any atom is 0.137 e. The van der Waals surface area contributed by atoms with Crippen LogP contribution in [-0.2, 0) is 6.54 Å². The number of rotatable bonds is 3. The molecule has 3 rings (SSSR count). The average molecular weight is 239 g/mol. The standard InChI is InChI=1S/C14H13N3O/c15-13-4-1-3-11(7-13)9-17-10-12(8-16-17)14-5-2-6-18-14/h1-8,10H,9,15H2. The van der Waals surface area contributed by atoms with Gasteiger partial charge in [0.1, 0.15) is 5.76 Å². The Kier molecular flexibility index (Phi) is 2.61. The molecule has 90 valence electrons. The molecule has 0 spiro atoms. The summed E-state index contributed by atoms with van der Waals surface area (Å²) in [5.41, 5.74) is 8.62. The molecule has 0 amide bonds. The van der Waals surface area contributed by atoms with Gasteiger partial charge in [-0.3, -0.25) is 4.68 Å². The van der Waals surface area contributed by atoms with Gasteiger partial charge in [-0.2, -0.15) is 5.10 Å². The van der Waals surface area contributed by atoms with Gasteiger partial charge in [0.25, 0.3) is 0 Å². The molecule has 2 aromatic heterocycles. The maximum atomic E-state index is 5.75. The SMILES string of the molecule is Nc1cccc(Cn2cc(-c3ccco3)cn2)c1. The van der Waals surface area contributed by atoms with Crippen LogP contribution in [0.1, 0.15) is 5.56 Å². The highest BCUT2D eigenvalue weighted by Crippen LogP contribution is 2.19. The molecule has 4 nitrogen and oxygen atoms in total. The first kappa shape index (κ1) is 10.7. The Hall–Kier alpha value is -2.49. The van der Waals surface area contributed by atoms with Crippen LogP contribution >= 0.6 is 0 Å². The van der Waals surface area contributed by atoms with Crippen LogP contribution in [0.2, 0.25) is 0 Å². The number of hydrogen-bond donors (Lipinski definition) is 1. The first-order valence-corrected chi connectivity index (χ1v) is 5.72. The predicted octanol–water partition coefficient (Wildman–Crippen LogP) is 2.77. The fraction of sp³-hybridized carbons (Fsp3) is 0.0714. The quantitative estimate of drug-likeness (QED) is 0.715. The van der Waals surface area contributed by atoms with Crippen LogP contribution in [0.25, 0.3) is 11.3 Å². The normalized spacial score (nSPS) is 10.7. The van der Waals surface area contributed by atoms with E-state index < -0.39 is 0 Å². The van der Waals surface area contributed by atoms with Crippen molar-refractivity contribution >= 4 is 5.69 Å². The average Bonchev–Trinajstić information content (AvgIpc) is 2.98. The summed E-state index contributed by atoms with van der Waals surface area (Å²) in [7, 11) is 0. The molecule has 0 atom stereocenters. The van der Waals surface area contributed by atoms with E-state index in [-0.39, 0.29) is 0 Å². The largest absolute Gasteiger partial charge is 0.464 e. The van der Waals surface area contributed by atoms with Crippen LogP contribution in [0.15, 0.2) is 59.5 Å². The topological polar surface area (TPSA) is 57.0 Å². The van der Waals surface area contributed by atoms with Gasteiger partial charge in [-0.05, 0) is 29.8 Å². The van der Waals surface area contributed by atoms with Crippen molar-refractivity contribution in [2.75, 3.05) is 5.73 Å². The van der Waals surface area contributed by atoms with Crippen molar-refractivity contribution < 1.29 is 4.42 Å². The fourth-order valence-electron chi connectivity index (χ4n) is 1.90. The van der Waals surface area contributed by atoms with Gasteiger partial charge in [-0.15, -0.1) is 0 Å². The van der Waals surface area contributed by atoms with Gasteiger partial charge in [-0.25, -0.2) is 0 Å². The van der Waals surface area contributed by atoms with Crippen molar-refractivity contribution in [1.82, 2.24) is 9.78 Å². The Balaban J connectivity index is 1.82. The summed E-state index contributed by atoms with van der Waals surface area (Å²) in [5, 5.41) is 4.31. The predicted molar refractivity (Wildman–Crippen MR) is 69.9 cm³/mol. The molecule has 0 radical (unpaired) electrons. The Morgan fingerprint density at radius 2 is 2.17 bits per heavy atom. The summed E-state index contributed by atoms with van der Waals surface area (Å²) < 4.78 is 7.20. The number of anilines is 1. The molecule has 0 saturated heterocycles. The number of benzene rings is 1. The lowest BCUT2D eigenvalue weighted by atomic mass is 10.2. The van der Waals surface area contributed by atoms with Crippen LogP contribution in [-0.4, -0.2) is 9.78 Å². The third-order valence-electron chi connectivity index (χ3n) is 2.73. The van der Waals surface area contributed by atoms with E-state index >= 15 is 0 Å². The first-order valence-electron chi connectivity index (χ1n) is 5.72. The molecule has 0 fully saturated rings. The van der Waals surface area contributed by atoms with E-state index in [1.807, 2.05) is 47.3 Å². The van der Waals surface area contributed by atoms with Gasteiger partial charge < -0.3 is 10.2 Å². The van der Waals surface area contributed by atoms with Crippen molar-refractivity contribution in [2.24, 2.45) is 0 Å². The zero-order valence-corrected chi connectivity index (χ0v) is 9.78. The third-order valence-corrected chi connectivity index (χ3v) is 2.73. The third kappa shape index (κ3) is 2.13. The van der Waals surface area contributed by atoms with Crippen molar-refractivity contribution in [3.05, 3.63) is 60.6 Å². The lowest BCUT2D eigenvalue weighted by Gasteiger charge is -2.02. The summed E-state index contributed by atoms with van der Waals surface area (Å²) in [6.45, 7) is 0.700. The molecule has 2 heterocycles. The van der Waals surface area contributed by atoms with Crippen LogP contribution in [0, 0.1) is 0 Å². The summed E-state index contributed by atoms with van der Waals surface area (Å²) in [5.74, 6) is 0.828. The van der Waals surface area contributed by atoms with E-state index in [0.29, 0.717) is 6.54 Å². The molecular formula is C14H13N3O. The van der Waals surface area contributed by atoms with E-state index in [1.54, 1.807) is 12.5 Å². The van der Waals surface area contributed by atoms with Gasteiger partial charge in [-0.1, -0.05) is 12.1 Å². The van der Waals surface area contributed by atoms with Crippen molar-refractivity contribution in [2.45, 2.75) is 6.54 Å². The maximum absolute atomic E-state index is 5.75. The summed E-state index contributed by atoms with van der Waals surface area (Å²) >= 11 is 0. The highest BCUT2D eigenvalue weighted by atomic mass is 16.3. The lowest BCUT2D eigenvalue weighted by molar-refractivity contribution is 0.582. The molecule has 0 unspecified atom stereocenters. The van der Waals surface area contributed by atoms with Crippen molar-refractivity contribution in [1.29, 1.82) is 0 Å². The molecule has 4 heteroatoms. The Morgan fingerprint density at radius 3 is 2.94 bits per heavy atom. The van der Waals surface area contributed by atoms with E-state index in [9.17, 15) is 0 Å². The van der Waals surface area contributed by atoms with Gasteiger partial charge in [0.2, 0.25) is 0 Å². The van der Waals surface area contributed by atoms with Crippen LogP contribution in [0.4, 0.5) is 5.69 Å². The lowest BCUT2D eigenvalue weighted by Crippen LogP contribution is -2.00. The summed E-state index contributed by atoms with van der Waals surface area (Å²) in [6.07, 6.45) is 5.41. The van der Waals surface area contributed by atoms with E-state index in [2.05, 4.69) is 5.10 Å². The second-order valence-electron chi connectivity index (χ2n) is 4.15. The van der Waals surface area contributed by atoms with Crippen molar-refractivity contribution in [3.8, 4) is 11.3 Å². The minimum absolute atomic E-state index is 0.700. The molecule has 2 N–H and O–H groups in total. The van der Waals surface area contributed by atoms with Gasteiger partial charge >= 0.3 is 0 Å². The van der Waals surface area contributed by atoms with Crippen LogP contribution < -0.4 is 5.73 Å². The minimum Gasteiger partial charge on any atom is -0.464 e. The van der Waals surface area contributed by atoms with Crippen LogP contribution in [0.3, 0.4) is 0 Å². The molecule has 0 bridgehead atoms. The monoisotopic (exact) mass is 239 g/mol. The second kappa shape index (κ2) is 4.41. The number of aromatic nitrogens is 2. The molecule has 1 aromatic carbocycles. The zero-order chi connectivity index (χ0) is 12.4. The van der Waals surface area contributed by atoms with E-state index in [1.165, 1.54) is 0 Å². The first-order chi connectivity index (χ1) is 8.81. The number of nitrogens with zero attached hydrogens (tertiary/aromatic N) is 2. The summed E-state index contributed by atoms with van der Waals surface area (Å²) in [6, 6.07) is 11.6. The summed E-state index contributed by atoms with van der Waals surface area (Å²) in [4.78, 5) is 0. The van der Waals surface area contributed by atoms with Crippen molar-refractivity contribution in [3.63, 3.8) is 0 Å². The Labute approximate surface area is 105 Å². The minimum atomic E-state index is 0.700. The molecule has 0 aliphatic rings. The van der Waals surface area contributed by atoms with E-state index in [0.717, 1.165) is 22.6 Å². The number of furan rings is 1. The Morgan fingerprint density at radius 1 is 1.22 bits per heavy atom. The van der Waals surface area contributed by atoms with Gasteiger partial charge in [0, 0.05) is 11.9 Å². The van der Waals surface area contributed by atoms with Crippen LogP contribution in [0.5, 0.6) is 0 Å². The second-order valence-corrected chi connectivity index (χ2v) is 4.15. The fourth-order valence-corrected chi connectivity index (χ4v) is 1.90. The van der Waals surface area contributed by atoms with Gasteiger partial charge in [0.15, 0.2) is 0 Å². The molecule has 18 heavy (non-hydrogen) atoms. The molecule has 0 saturated carbocycles. The van der Waals surface area contributed by atoms with E-state index in [4.69, 9.17) is 10.2 Å². The molecule has 3 aromatic rings. The highest BCUT2D eigenvalue weighted by molar-refractivity contribution is 5.54. The highest BCUT2D eigenvalue weighted by Gasteiger charge is 2.04. The smallest absolute Gasteiger partial charge is 0.137 e. The molecule has 0 aliphatic carbocycles. The number of nitrogen functional groups attached to an aromatic ring is 1. The Bertz CT molecular complexity index is 641.